The van der Waals surface area contributed by atoms with Gasteiger partial charge in [0.05, 0.1) is 31.8 Å². The minimum atomic E-state index is -0.621. The molecule has 0 amide bonds. The van der Waals surface area contributed by atoms with Crippen molar-refractivity contribution in [2.24, 2.45) is 56.7 Å². The van der Waals surface area contributed by atoms with Gasteiger partial charge in [-0.05, 0) is 90.7 Å². The molecule has 0 aromatic carbocycles. The van der Waals surface area contributed by atoms with Gasteiger partial charge in [0.2, 0.25) is 0 Å². The Kier molecular flexibility index (Phi) is 8.84. The highest BCUT2D eigenvalue weighted by Gasteiger charge is 2.72. The standard InChI is InChI=1S/C38H63N7O4/c1-24(2)25(3)34(4)13-14-36(6)26-9-10-29-35(5)22-48-23-38(29,27(26)11-12-37(36,7)30(34)32(46)47)21-28(45-41-33(39)40-42-45)31(35)49-20-19-44-17-15-43(8)16-18-44/h11,24-26,28-31H,9-10,12-23H2,1-8H3,(H2,39,41)(H,46,47)/t25-,26+,28-,29+,30-,31+,34-,35-,36-,37+,38+/m1/s1. The highest BCUT2D eigenvalue weighted by Crippen LogP contribution is 2.75. The lowest BCUT2D eigenvalue weighted by molar-refractivity contribution is -0.251. The number of aliphatic carboxylic acids is 1. The molecule has 3 N–H and O–H groups in total. The van der Waals surface area contributed by atoms with Crippen molar-refractivity contribution in [3.8, 4) is 0 Å². The van der Waals surface area contributed by atoms with Crippen molar-refractivity contribution in [1.82, 2.24) is 30.0 Å². The summed E-state index contributed by atoms with van der Waals surface area (Å²) in [6.45, 7) is 23.4. The van der Waals surface area contributed by atoms with Gasteiger partial charge in [0, 0.05) is 43.6 Å². The van der Waals surface area contributed by atoms with Crippen molar-refractivity contribution in [2.45, 2.75) is 99.1 Å². The maximum atomic E-state index is 13.4. The first-order valence-electron chi connectivity index (χ1n) is 19.2. The van der Waals surface area contributed by atoms with Crippen LogP contribution in [0.25, 0.3) is 0 Å². The lowest BCUT2D eigenvalue weighted by atomic mass is 9.34. The van der Waals surface area contributed by atoms with Crippen LogP contribution in [0.5, 0.6) is 0 Å². The number of piperazine rings is 1. The molecule has 3 saturated carbocycles. The third-order valence-electron chi connectivity index (χ3n) is 16.1. The number of rotatable bonds is 8. The number of tetrazole rings is 1. The normalized spacial score (nSPS) is 44.8. The molecule has 11 nitrogen and oxygen atoms in total. The molecule has 5 fully saturated rings. The number of anilines is 1. The van der Waals surface area contributed by atoms with Crippen LogP contribution < -0.4 is 5.73 Å². The Morgan fingerprint density at radius 3 is 2.47 bits per heavy atom. The van der Waals surface area contributed by atoms with Crippen LogP contribution in [0.4, 0.5) is 5.95 Å². The number of fused-ring (bicyclic) bond motifs is 3. The number of hydrogen-bond acceptors (Lipinski definition) is 9. The predicted octanol–water partition coefficient (Wildman–Crippen LogP) is 5.02. The van der Waals surface area contributed by atoms with Crippen molar-refractivity contribution in [3.63, 3.8) is 0 Å². The van der Waals surface area contributed by atoms with Gasteiger partial charge in [-0.2, -0.15) is 4.80 Å². The summed E-state index contributed by atoms with van der Waals surface area (Å²) in [5, 5.41) is 24.3. The highest BCUT2D eigenvalue weighted by atomic mass is 16.5. The molecule has 49 heavy (non-hydrogen) atoms. The zero-order valence-corrected chi connectivity index (χ0v) is 31.5. The summed E-state index contributed by atoms with van der Waals surface area (Å²) in [6.07, 6.45) is 8.10. The van der Waals surface area contributed by atoms with Gasteiger partial charge >= 0.3 is 5.97 Å². The van der Waals surface area contributed by atoms with Crippen LogP contribution in [0.1, 0.15) is 93.0 Å². The molecular formula is C38H63N7O4. The second kappa shape index (κ2) is 12.3. The van der Waals surface area contributed by atoms with Gasteiger partial charge in [-0.15, -0.1) is 5.10 Å². The number of aromatic nitrogens is 4. The Bertz CT molecular complexity index is 1440. The Morgan fingerprint density at radius 2 is 1.82 bits per heavy atom. The van der Waals surface area contributed by atoms with Crippen LogP contribution in [0.2, 0.25) is 0 Å². The first-order chi connectivity index (χ1) is 23.1. The maximum absolute atomic E-state index is 13.4. The summed E-state index contributed by atoms with van der Waals surface area (Å²) in [4.78, 5) is 20.1. The van der Waals surface area contributed by atoms with E-state index in [1.54, 1.807) is 4.80 Å². The predicted molar refractivity (Wildman–Crippen MR) is 189 cm³/mol. The zero-order chi connectivity index (χ0) is 35.1. The van der Waals surface area contributed by atoms with Crippen LogP contribution in [-0.2, 0) is 14.3 Å². The first kappa shape index (κ1) is 35.3. The van der Waals surface area contributed by atoms with Gasteiger partial charge in [-0.3, -0.25) is 9.69 Å². The Labute approximate surface area is 293 Å². The van der Waals surface area contributed by atoms with Crippen molar-refractivity contribution >= 4 is 11.9 Å². The number of carboxylic acids is 1. The van der Waals surface area contributed by atoms with Gasteiger partial charge in [0.1, 0.15) is 6.04 Å². The monoisotopic (exact) mass is 681 g/mol. The van der Waals surface area contributed by atoms with Crippen LogP contribution in [0.15, 0.2) is 11.6 Å². The van der Waals surface area contributed by atoms with E-state index in [9.17, 15) is 9.90 Å². The molecule has 4 aliphatic carbocycles. The van der Waals surface area contributed by atoms with E-state index in [0.717, 1.165) is 71.2 Å². The van der Waals surface area contributed by atoms with E-state index in [0.29, 0.717) is 43.5 Å². The van der Waals surface area contributed by atoms with Crippen molar-refractivity contribution < 1.29 is 19.4 Å². The van der Waals surface area contributed by atoms with E-state index in [1.807, 2.05) is 0 Å². The molecule has 0 radical (unpaired) electrons. The average Bonchev–Trinajstić information content (AvgIpc) is 3.48. The maximum Gasteiger partial charge on any atom is 0.307 e. The quantitative estimate of drug-likeness (QED) is 0.361. The molecule has 2 bridgehead atoms. The lowest BCUT2D eigenvalue weighted by Crippen LogP contribution is -2.69. The van der Waals surface area contributed by atoms with Crippen molar-refractivity contribution in [1.29, 1.82) is 0 Å². The number of carbonyl (C=O) groups is 1. The fourth-order valence-electron chi connectivity index (χ4n) is 12.9. The van der Waals surface area contributed by atoms with Crippen LogP contribution >= 0.6 is 0 Å². The van der Waals surface area contributed by atoms with Crippen LogP contribution in [0.3, 0.4) is 0 Å². The number of nitrogens with two attached hydrogens (primary N) is 1. The Hall–Kier alpha value is -2.08. The molecule has 11 heteroatoms. The molecular weight excluding hydrogens is 618 g/mol. The third-order valence-corrected chi connectivity index (χ3v) is 16.1. The van der Waals surface area contributed by atoms with Gasteiger partial charge < -0.3 is 25.2 Å². The lowest BCUT2D eigenvalue weighted by Gasteiger charge is -2.71. The van der Waals surface area contributed by atoms with Gasteiger partial charge in [-0.1, -0.05) is 65.2 Å². The number of ether oxygens (including phenoxy) is 2. The van der Waals surface area contributed by atoms with Crippen molar-refractivity contribution in [2.75, 3.05) is 65.3 Å². The molecule has 1 aromatic heterocycles. The molecule has 0 unspecified atom stereocenters. The summed E-state index contributed by atoms with van der Waals surface area (Å²) in [7, 11) is 2.19. The second-order valence-corrected chi connectivity index (χ2v) is 18.5. The fourth-order valence-corrected chi connectivity index (χ4v) is 12.9. The summed E-state index contributed by atoms with van der Waals surface area (Å²) < 4.78 is 13.7. The summed E-state index contributed by atoms with van der Waals surface area (Å²) in [6, 6.07) is -0.128. The van der Waals surface area contributed by atoms with E-state index in [-0.39, 0.29) is 45.2 Å². The summed E-state index contributed by atoms with van der Waals surface area (Å²) >= 11 is 0. The number of allylic oxidation sites excluding steroid dienone is 1. The molecule has 2 aliphatic heterocycles. The van der Waals surface area contributed by atoms with E-state index in [4.69, 9.17) is 15.2 Å². The van der Waals surface area contributed by atoms with Crippen molar-refractivity contribution in [3.05, 3.63) is 11.6 Å². The number of carboxylic acid groups (broad SMARTS) is 1. The third kappa shape index (κ3) is 5.17. The van der Waals surface area contributed by atoms with E-state index in [1.165, 1.54) is 5.57 Å². The molecule has 274 valence electrons. The number of nitrogen functional groups attached to an aromatic ring is 1. The topological polar surface area (TPSA) is 132 Å². The SMILES string of the molecule is CC(C)[C@@H](C)[C@@]1(C)CC[C@]2(C)[C@H]3CC[C@@H]4[C@@]5(COC[C@@]4(C)[C@@H](OCCN4CCN(C)CC4)[C@H](n4nnc(N)n4)C5)C3=CC[C@@]2(C)[C@@H]1C(=O)O. The Balaban J connectivity index is 1.25. The fraction of sp³-hybridized carbons (Fsp3) is 0.895. The number of nitrogens with zero attached hydrogens (tertiary/aromatic N) is 6. The number of likely N-dealkylation sites (N-methyl/N-ethyl adjacent to an activating group) is 1. The summed E-state index contributed by atoms with van der Waals surface area (Å²) in [5.41, 5.74) is 6.40. The zero-order valence-electron chi connectivity index (χ0n) is 31.5. The second-order valence-electron chi connectivity index (χ2n) is 18.5. The smallest absolute Gasteiger partial charge is 0.307 e. The summed E-state index contributed by atoms with van der Waals surface area (Å²) in [5.74, 6) is 0.595. The van der Waals surface area contributed by atoms with E-state index in [2.05, 4.69) is 86.8 Å². The van der Waals surface area contributed by atoms with Gasteiger partial charge in [-0.25, -0.2) is 0 Å². The van der Waals surface area contributed by atoms with Gasteiger partial charge in [0.25, 0.3) is 5.95 Å². The highest BCUT2D eigenvalue weighted by molar-refractivity contribution is 5.73. The Morgan fingerprint density at radius 1 is 1.08 bits per heavy atom. The first-order valence-corrected chi connectivity index (χ1v) is 19.2. The molecule has 1 aromatic rings. The molecule has 7 rings (SSSR count). The molecule has 11 atom stereocenters. The van der Waals surface area contributed by atoms with E-state index >= 15 is 0 Å². The molecule has 2 saturated heterocycles. The number of hydrogen-bond donors (Lipinski definition) is 2. The largest absolute Gasteiger partial charge is 0.481 e. The van der Waals surface area contributed by atoms with Crippen LogP contribution in [-0.4, -0.2) is 107 Å². The van der Waals surface area contributed by atoms with Gasteiger partial charge in [0.15, 0.2) is 0 Å². The van der Waals surface area contributed by atoms with Crippen LogP contribution in [0, 0.1) is 56.7 Å². The molecule has 6 aliphatic rings. The molecule has 3 heterocycles. The van der Waals surface area contributed by atoms with E-state index < -0.39 is 11.9 Å². The minimum absolute atomic E-state index is 0.128. The molecule has 0 spiro atoms. The average molecular weight is 682 g/mol. The minimum Gasteiger partial charge on any atom is -0.481 e.